The zero-order valence-corrected chi connectivity index (χ0v) is 23.2. The molecule has 0 unspecified atom stereocenters. The molecule has 0 radical (unpaired) electrons. The van der Waals surface area contributed by atoms with Crippen LogP contribution < -0.4 is 0 Å². The normalized spacial score (nSPS) is 12.5. The Morgan fingerprint density at radius 1 is 0.707 bits per heavy atom. The van der Waals surface area contributed by atoms with E-state index in [-0.39, 0.29) is 5.78 Å². The van der Waals surface area contributed by atoms with Crippen molar-refractivity contribution in [3.8, 4) is 16.9 Å². The molecular weight excluding hydrogens is 504 g/mol. The highest BCUT2D eigenvalue weighted by Gasteiger charge is 2.41. The number of aryl methyl sites for hydroxylation is 2. The van der Waals surface area contributed by atoms with Crippen LogP contribution in [0.15, 0.2) is 121 Å². The molecule has 0 saturated heterocycles. The van der Waals surface area contributed by atoms with E-state index < -0.39 is 5.54 Å². The number of ketones is 1. The van der Waals surface area contributed by atoms with Gasteiger partial charge in [-0.25, -0.2) is 4.68 Å². The molecule has 1 aliphatic rings. The number of hydrogen-bond acceptors (Lipinski definition) is 3. The fourth-order valence-corrected chi connectivity index (χ4v) is 6.26. The van der Waals surface area contributed by atoms with Gasteiger partial charge in [-0.3, -0.25) is 9.48 Å². The van der Waals surface area contributed by atoms with Gasteiger partial charge in [-0.05, 0) is 48.6 Å². The molecule has 7 rings (SSSR count). The number of carbonyl (C=O) groups excluding carboxylic acids is 1. The topological polar surface area (TPSA) is 52.7 Å². The van der Waals surface area contributed by atoms with Crippen molar-refractivity contribution < 1.29 is 4.79 Å². The van der Waals surface area contributed by atoms with Crippen LogP contribution in [0.25, 0.3) is 16.9 Å². The van der Waals surface area contributed by atoms with Crippen molar-refractivity contribution >= 4 is 5.78 Å². The van der Waals surface area contributed by atoms with Gasteiger partial charge in [0.2, 0.25) is 0 Å². The first-order valence-corrected chi connectivity index (χ1v) is 14.0. The van der Waals surface area contributed by atoms with Crippen molar-refractivity contribution in [1.82, 2.24) is 19.6 Å². The van der Waals surface area contributed by atoms with Crippen molar-refractivity contribution in [1.29, 1.82) is 0 Å². The van der Waals surface area contributed by atoms with Gasteiger partial charge in [0.25, 0.3) is 0 Å². The third kappa shape index (κ3) is 3.96. The van der Waals surface area contributed by atoms with E-state index in [4.69, 9.17) is 10.2 Å². The van der Waals surface area contributed by atoms with Gasteiger partial charge in [0.15, 0.2) is 5.78 Å². The number of rotatable bonds is 6. The Labute approximate surface area is 239 Å². The summed E-state index contributed by atoms with van der Waals surface area (Å²) >= 11 is 0. The lowest BCUT2D eigenvalue weighted by Gasteiger charge is -2.36. The highest BCUT2D eigenvalue weighted by molar-refractivity contribution is 5.96. The Balaban J connectivity index is 1.53. The second-order valence-electron chi connectivity index (χ2n) is 10.7. The lowest BCUT2D eigenvalue weighted by Crippen LogP contribution is -2.38. The second kappa shape index (κ2) is 9.86. The first kappa shape index (κ1) is 25.0. The molecule has 41 heavy (non-hydrogen) atoms. The predicted molar refractivity (Wildman–Crippen MR) is 162 cm³/mol. The first-order chi connectivity index (χ1) is 20.1. The Hall–Kier alpha value is -5.03. The second-order valence-corrected chi connectivity index (χ2v) is 10.7. The van der Waals surface area contributed by atoms with Crippen LogP contribution >= 0.6 is 0 Å². The van der Waals surface area contributed by atoms with Crippen LogP contribution in [0.1, 0.15) is 50.9 Å². The van der Waals surface area contributed by atoms with Crippen LogP contribution in [0.2, 0.25) is 0 Å². The Bertz CT molecular complexity index is 1750. The highest BCUT2D eigenvalue weighted by Crippen LogP contribution is 2.44. The van der Waals surface area contributed by atoms with E-state index in [9.17, 15) is 4.79 Å². The molecule has 0 amide bonds. The summed E-state index contributed by atoms with van der Waals surface area (Å²) < 4.78 is 4.07. The standard InChI is InChI=1S/C36H30N4O/c1-25-18-20-30(21-19-25)40-35-31(34(38-40)26(2)41)22-23-33-32(35)24-39(37-33)36(27-12-6-3-7-13-27,28-14-8-4-9-15-28)29-16-10-5-11-17-29/h3-21,24H,22-23H2,1-2H3. The maximum absolute atomic E-state index is 12.8. The maximum atomic E-state index is 12.8. The molecular formula is C36H30N4O. The number of aromatic nitrogens is 4. The summed E-state index contributed by atoms with van der Waals surface area (Å²) in [6.45, 7) is 3.67. The van der Waals surface area contributed by atoms with Gasteiger partial charge in [-0.15, -0.1) is 0 Å². The first-order valence-electron chi connectivity index (χ1n) is 14.0. The molecule has 5 nitrogen and oxygen atoms in total. The minimum absolute atomic E-state index is 0.0184. The average Bonchev–Trinajstić information content (AvgIpc) is 3.62. The summed E-state index contributed by atoms with van der Waals surface area (Å²) in [4.78, 5) is 12.8. The molecule has 2 aromatic heterocycles. The van der Waals surface area contributed by atoms with E-state index in [2.05, 4.69) is 115 Å². The van der Waals surface area contributed by atoms with Gasteiger partial charge in [-0.1, -0.05) is 109 Å². The smallest absolute Gasteiger partial charge is 0.180 e. The van der Waals surface area contributed by atoms with E-state index in [1.54, 1.807) is 6.92 Å². The highest BCUT2D eigenvalue weighted by atomic mass is 16.1. The van der Waals surface area contributed by atoms with E-state index in [1.165, 1.54) is 5.56 Å². The number of nitrogens with zero attached hydrogens (tertiary/aromatic N) is 4. The molecule has 1 aliphatic carbocycles. The third-order valence-electron chi connectivity index (χ3n) is 8.17. The molecule has 5 heteroatoms. The number of Topliss-reactive ketones (excluding diaryl/α,β-unsaturated/α-hetero) is 1. The van der Waals surface area contributed by atoms with Gasteiger partial charge in [0.1, 0.15) is 11.2 Å². The van der Waals surface area contributed by atoms with Gasteiger partial charge in [0.05, 0.1) is 17.1 Å². The Morgan fingerprint density at radius 2 is 1.24 bits per heavy atom. The molecule has 0 spiro atoms. The molecule has 0 saturated carbocycles. The molecule has 0 N–H and O–H groups in total. The van der Waals surface area contributed by atoms with Crippen LogP contribution in [0.5, 0.6) is 0 Å². The van der Waals surface area contributed by atoms with Crippen LogP contribution in [0.4, 0.5) is 0 Å². The van der Waals surface area contributed by atoms with Crippen LogP contribution in [-0.4, -0.2) is 25.3 Å². The summed E-state index contributed by atoms with van der Waals surface area (Å²) in [6.07, 6.45) is 3.62. The largest absolute Gasteiger partial charge is 0.293 e. The number of benzene rings is 4. The van der Waals surface area contributed by atoms with Gasteiger partial charge >= 0.3 is 0 Å². The van der Waals surface area contributed by atoms with Gasteiger partial charge in [0, 0.05) is 24.2 Å². The molecule has 6 aromatic rings. The lowest BCUT2D eigenvalue weighted by atomic mass is 9.77. The van der Waals surface area contributed by atoms with Crippen molar-refractivity contribution in [2.45, 2.75) is 32.2 Å². The minimum Gasteiger partial charge on any atom is -0.293 e. The third-order valence-corrected chi connectivity index (χ3v) is 8.17. The van der Waals surface area contributed by atoms with Crippen molar-refractivity contribution in [2.24, 2.45) is 0 Å². The monoisotopic (exact) mass is 534 g/mol. The van der Waals surface area contributed by atoms with Crippen LogP contribution in [-0.2, 0) is 18.4 Å². The number of fused-ring (bicyclic) bond motifs is 3. The molecule has 0 bridgehead atoms. The van der Waals surface area contributed by atoms with Crippen molar-refractivity contribution in [2.75, 3.05) is 0 Å². The molecule has 4 aromatic carbocycles. The predicted octanol–water partition coefficient (Wildman–Crippen LogP) is 7.19. The fourth-order valence-electron chi connectivity index (χ4n) is 6.26. The Kier molecular flexibility index (Phi) is 6.01. The number of hydrogen-bond donors (Lipinski definition) is 0. The average molecular weight is 535 g/mol. The molecule has 2 heterocycles. The van der Waals surface area contributed by atoms with Crippen LogP contribution in [0.3, 0.4) is 0 Å². The molecule has 200 valence electrons. The molecule has 0 atom stereocenters. The summed E-state index contributed by atoms with van der Waals surface area (Å²) in [5.41, 5.74) is 9.26. The summed E-state index contributed by atoms with van der Waals surface area (Å²) in [7, 11) is 0. The molecule has 0 aliphatic heterocycles. The lowest BCUT2D eigenvalue weighted by molar-refractivity contribution is 0.101. The summed E-state index contributed by atoms with van der Waals surface area (Å²) in [6, 6.07) is 40.0. The quantitative estimate of drug-likeness (QED) is 0.168. The van der Waals surface area contributed by atoms with Crippen molar-refractivity contribution in [3.63, 3.8) is 0 Å². The SMILES string of the molecule is CC(=O)c1nn(-c2ccc(C)cc2)c2c1CCc1nn(C(c3ccccc3)(c3ccccc3)c3ccccc3)cc1-2. The number of carbonyl (C=O) groups is 1. The van der Waals surface area contributed by atoms with E-state index in [1.807, 2.05) is 22.9 Å². The zero-order chi connectivity index (χ0) is 28.0. The summed E-state index contributed by atoms with van der Waals surface area (Å²) in [5.74, 6) is -0.0184. The summed E-state index contributed by atoms with van der Waals surface area (Å²) in [5, 5.41) is 10.2. The van der Waals surface area contributed by atoms with E-state index in [0.29, 0.717) is 5.69 Å². The van der Waals surface area contributed by atoms with Gasteiger partial charge in [-0.2, -0.15) is 10.2 Å². The van der Waals surface area contributed by atoms with E-state index >= 15 is 0 Å². The fraction of sp³-hybridized carbons (Fsp3) is 0.139. The zero-order valence-electron chi connectivity index (χ0n) is 23.2. The molecule has 0 fully saturated rings. The van der Waals surface area contributed by atoms with E-state index in [0.717, 1.165) is 57.7 Å². The minimum atomic E-state index is -0.709. The maximum Gasteiger partial charge on any atom is 0.180 e. The van der Waals surface area contributed by atoms with Crippen LogP contribution in [0, 0.1) is 6.92 Å². The Morgan fingerprint density at radius 3 is 1.76 bits per heavy atom. The van der Waals surface area contributed by atoms with Gasteiger partial charge < -0.3 is 0 Å². The van der Waals surface area contributed by atoms with Crippen molar-refractivity contribution in [3.05, 3.63) is 161 Å².